The molecule has 0 spiro atoms. The van der Waals surface area contributed by atoms with Gasteiger partial charge >= 0.3 is 6.01 Å². The average Bonchev–Trinajstić information content (AvgIpc) is 2.90. The highest BCUT2D eigenvalue weighted by molar-refractivity contribution is 9.10. The first-order valence-corrected chi connectivity index (χ1v) is 11.2. The Kier molecular flexibility index (Phi) is 6.53. The number of aromatic nitrogens is 2. The van der Waals surface area contributed by atoms with Gasteiger partial charge < -0.3 is 19.3 Å². The van der Waals surface area contributed by atoms with Crippen LogP contribution in [0, 0.1) is 0 Å². The minimum absolute atomic E-state index is 0.0131. The van der Waals surface area contributed by atoms with Gasteiger partial charge in [0.15, 0.2) is 5.75 Å². The van der Waals surface area contributed by atoms with Crippen LogP contribution in [0.3, 0.4) is 0 Å². The fourth-order valence-electron chi connectivity index (χ4n) is 3.88. The van der Waals surface area contributed by atoms with Crippen molar-refractivity contribution >= 4 is 44.3 Å². The molecular weight excluding hydrogens is 477 g/mol. The number of anilines is 1. The molecule has 2 aliphatic heterocycles. The van der Waals surface area contributed by atoms with Crippen molar-refractivity contribution in [3.05, 3.63) is 15.6 Å². The van der Waals surface area contributed by atoms with Crippen molar-refractivity contribution < 1.29 is 13.9 Å². The van der Waals surface area contributed by atoms with Crippen LogP contribution in [0.1, 0.15) is 6.42 Å². The predicted octanol–water partition coefficient (Wildman–Crippen LogP) is 3.23. The summed E-state index contributed by atoms with van der Waals surface area (Å²) in [6.07, 6.45) is -0.351. The molecule has 30 heavy (non-hydrogen) atoms. The van der Waals surface area contributed by atoms with E-state index in [2.05, 4.69) is 30.7 Å². The van der Waals surface area contributed by atoms with Crippen LogP contribution in [0.5, 0.6) is 11.8 Å². The molecule has 0 amide bonds. The van der Waals surface area contributed by atoms with Crippen molar-refractivity contribution in [1.82, 2.24) is 19.8 Å². The van der Waals surface area contributed by atoms with Gasteiger partial charge in [-0.25, -0.2) is 4.39 Å². The van der Waals surface area contributed by atoms with Crippen molar-refractivity contribution in [2.75, 3.05) is 65.4 Å². The average molecular weight is 503 g/mol. The van der Waals surface area contributed by atoms with Gasteiger partial charge in [-0.1, -0.05) is 11.6 Å². The first-order chi connectivity index (χ1) is 14.3. The van der Waals surface area contributed by atoms with Gasteiger partial charge in [0.25, 0.3) is 0 Å². The van der Waals surface area contributed by atoms with E-state index in [9.17, 15) is 4.39 Å². The highest BCUT2D eigenvalue weighted by Gasteiger charge is 2.30. The summed E-state index contributed by atoms with van der Waals surface area (Å²) in [5.74, 6) is 1.34. The van der Waals surface area contributed by atoms with E-state index >= 15 is 0 Å². The smallest absolute Gasteiger partial charge is 0.319 e. The number of halogens is 3. The molecule has 7 nitrogen and oxygen atoms in total. The Bertz CT molecular complexity index is 934. The lowest BCUT2D eigenvalue weighted by Gasteiger charge is -2.25. The molecular formula is C20H26BrClFN5O2. The predicted molar refractivity (Wildman–Crippen MR) is 120 cm³/mol. The zero-order valence-corrected chi connectivity index (χ0v) is 19.7. The van der Waals surface area contributed by atoms with Crippen molar-refractivity contribution in [1.29, 1.82) is 0 Å². The summed E-state index contributed by atoms with van der Waals surface area (Å²) in [6.45, 7) is 3.60. The van der Waals surface area contributed by atoms with Crippen LogP contribution in [0.4, 0.5) is 10.2 Å². The van der Waals surface area contributed by atoms with Gasteiger partial charge in [0, 0.05) is 30.1 Å². The monoisotopic (exact) mass is 501 g/mol. The van der Waals surface area contributed by atoms with E-state index in [1.165, 1.54) is 0 Å². The minimum atomic E-state index is -0.815. The van der Waals surface area contributed by atoms with Crippen LogP contribution >= 0.6 is 27.5 Å². The normalized spacial score (nSPS) is 21.9. The lowest BCUT2D eigenvalue weighted by molar-refractivity contribution is 0.188. The third kappa shape index (κ3) is 4.44. The number of likely N-dealkylation sites (tertiary alicyclic amines) is 1. The summed E-state index contributed by atoms with van der Waals surface area (Å²) < 4.78 is 26.3. The Balaban J connectivity index is 1.70. The molecule has 1 fully saturated rings. The molecule has 0 unspecified atom stereocenters. The summed E-state index contributed by atoms with van der Waals surface area (Å²) in [5, 5.41) is 1.30. The number of alkyl halides is 1. The molecule has 4 rings (SSSR count). The van der Waals surface area contributed by atoms with E-state index in [1.54, 1.807) is 0 Å². The van der Waals surface area contributed by atoms with Gasteiger partial charge in [-0.2, -0.15) is 9.97 Å². The summed E-state index contributed by atoms with van der Waals surface area (Å²) in [7, 11) is 5.99. The van der Waals surface area contributed by atoms with Crippen molar-refractivity contribution in [2.24, 2.45) is 0 Å². The number of hydrogen-bond donors (Lipinski definition) is 0. The summed E-state index contributed by atoms with van der Waals surface area (Å²) >= 11 is 10.0. The fraction of sp³-hybridized carbons (Fsp3) is 0.600. The van der Waals surface area contributed by atoms with E-state index in [4.69, 9.17) is 26.1 Å². The maximum absolute atomic E-state index is 13.7. The molecule has 0 bridgehead atoms. The Morgan fingerprint density at radius 2 is 2.20 bits per heavy atom. The minimum Gasteiger partial charge on any atom is -0.489 e. The first-order valence-electron chi connectivity index (χ1n) is 10.0. The maximum Gasteiger partial charge on any atom is 0.319 e. The first kappa shape index (κ1) is 21.8. The summed E-state index contributed by atoms with van der Waals surface area (Å²) in [6, 6.07) is 2.15. The van der Waals surface area contributed by atoms with Gasteiger partial charge in [0.05, 0.1) is 22.5 Å². The number of ether oxygens (including phenoxy) is 2. The number of hydrogen-bond acceptors (Lipinski definition) is 7. The number of benzene rings is 1. The second-order valence-electron chi connectivity index (χ2n) is 8.10. The second-order valence-corrected chi connectivity index (χ2v) is 9.33. The van der Waals surface area contributed by atoms with Gasteiger partial charge in [-0.05, 0) is 49.6 Å². The van der Waals surface area contributed by atoms with Crippen LogP contribution in [0.2, 0.25) is 5.02 Å². The lowest BCUT2D eigenvalue weighted by Crippen LogP contribution is -2.34. The quantitative estimate of drug-likeness (QED) is 0.601. The molecule has 0 N–H and O–H groups in total. The Morgan fingerprint density at radius 1 is 1.40 bits per heavy atom. The van der Waals surface area contributed by atoms with Crippen molar-refractivity contribution in [3.8, 4) is 11.8 Å². The van der Waals surface area contributed by atoms with Gasteiger partial charge in [-0.3, -0.25) is 4.90 Å². The Labute approximate surface area is 189 Å². The van der Waals surface area contributed by atoms with E-state index < -0.39 is 6.17 Å². The summed E-state index contributed by atoms with van der Waals surface area (Å²) in [5.41, 5.74) is 0.696. The zero-order chi connectivity index (χ0) is 21.4. The number of rotatable bonds is 6. The van der Waals surface area contributed by atoms with Crippen LogP contribution in [-0.4, -0.2) is 92.5 Å². The largest absolute Gasteiger partial charge is 0.489 e. The third-order valence-electron chi connectivity index (χ3n) is 5.56. The zero-order valence-electron chi connectivity index (χ0n) is 17.4. The van der Waals surface area contributed by atoms with Gasteiger partial charge in [0.2, 0.25) is 0 Å². The molecule has 10 heteroatoms. The molecule has 0 aliphatic carbocycles. The van der Waals surface area contributed by atoms with E-state index in [0.29, 0.717) is 53.5 Å². The van der Waals surface area contributed by atoms with Crippen LogP contribution in [0.25, 0.3) is 10.9 Å². The summed E-state index contributed by atoms with van der Waals surface area (Å²) in [4.78, 5) is 15.6. The highest BCUT2D eigenvalue weighted by atomic mass is 79.9. The van der Waals surface area contributed by atoms with E-state index in [-0.39, 0.29) is 12.1 Å². The molecule has 1 saturated heterocycles. The van der Waals surface area contributed by atoms with Gasteiger partial charge in [0.1, 0.15) is 25.2 Å². The SMILES string of the molecule is CN(C)CCN1CCOc2c(Cl)c(Br)cc3nc(OC[C@@H]4C[C@@H](F)CN4C)nc1c23. The number of nitrogens with zero attached hydrogens (tertiary/aromatic N) is 5. The molecule has 0 saturated carbocycles. The second kappa shape index (κ2) is 8.98. The third-order valence-corrected chi connectivity index (χ3v) is 6.79. The van der Waals surface area contributed by atoms with E-state index in [0.717, 1.165) is 24.3 Å². The van der Waals surface area contributed by atoms with Gasteiger partial charge in [-0.15, -0.1) is 0 Å². The Hall–Kier alpha value is -1.42. The fourth-order valence-corrected chi connectivity index (χ4v) is 4.48. The molecule has 2 aliphatic rings. The van der Waals surface area contributed by atoms with Crippen LogP contribution < -0.4 is 14.4 Å². The molecule has 1 aromatic heterocycles. The molecule has 0 radical (unpaired) electrons. The topological polar surface area (TPSA) is 54.0 Å². The molecule has 2 atom stereocenters. The van der Waals surface area contributed by atoms with E-state index in [1.807, 2.05) is 32.1 Å². The molecule has 1 aromatic carbocycles. The highest BCUT2D eigenvalue weighted by Crippen LogP contribution is 2.44. The molecule has 2 aromatic rings. The number of likely N-dealkylation sites (N-methyl/N-ethyl adjacent to an activating group) is 2. The maximum atomic E-state index is 13.7. The van der Waals surface area contributed by atoms with Crippen molar-refractivity contribution in [3.63, 3.8) is 0 Å². The van der Waals surface area contributed by atoms with Crippen LogP contribution in [0.15, 0.2) is 10.5 Å². The van der Waals surface area contributed by atoms with Crippen molar-refractivity contribution in [2.45, 2.75) is 18.6 Å². The Morgan fingerprint density at radius 3 is 2.90 bits per heavy atom. The molecule has 164 valence electrons. The molecule has 3 heterocycles. The standard InChI is InChI=1S/C20H26BrClFN5O2/c1-26(2)4-5-28-6-7-29-18-16-15(9-14(21)17(18)22)24-20(25-19(16)28)30-11-13-8-12(23)10-27(13)3/h9,12-13H,4-8,10-11H2,1-3H3/t12-,13+/m1/s1. The lowest BCUT2D eigenvalue weighted by atomic mass is 10.2. The van der Waals surface area contributed by atoms with Crippen LogP contribution in [-0.2, 0) is 0 Å².